The van der Waals surface area contributed by atoms with Gasteiger partial charge in [0.05, 0.1) is 10.6 Å². The lowest BCUT2D eigenvalue weighted by atomic mass is 10.2. The molecule has 1 fully saturated rings. The Bertz CT molecular complexity index is 581. The lowest BCUT2D eigenvalue weighted by Gasteiger charge is -2.13. The van der Waals surface area contributed by atoms with E-state index in [-0.39, 0.29) is 23.1 Å². The highest BCUT2D eigenvalue weighted by Crippen LogP contribution is 2.32. The maximum Gasteiger partial charge on any atom is 0.320 e. The van der Waals surface area contributed by atoms with Gasteiger partial charge < -0.3 is 10.4 Å². The Balaban J connectivity index is 1.92. The Morgan fingerprint density at radius 3 is 2.45 bits per heavy atom. The summed E-state index contributed by atoms with van der Waals surface area (Å²) in [4.78, 5) is 11.3. The van der Waals surface area contributed by atoms with E-state index in [9.17, 15) is 13.2 Å². The molecule has 1 aromatic carbocycles. The second-order valence-electron chi connectivity index (χ2n) is 4.88. The quantitative estimate of drug-likeness (QED) is 0.771. The lowest BCUT2D eigenvalue weighted by molar-refractivity contribution is -0.140. The Labute approximate surface area is 126 Å². The molecule has 1 atom stereocenters. The van der Waals surface area contributed by atoms with Crippen LogP contribution < -0.4 is 5.32 Å². The summed E-state index contributed by atoms with van der Waals surface area (Å²) in [5.74, 6) is -0.873. The van der Waals surface area contributed by atoms with E-state index in [1.165, 1.54) is 12.1 Å². The van der Waals surface area contributed by atoms with Gasteiger partial charge in [-0.25, -0.2) is 8.42 Å². The number of halogens is 1. The second-order valence-corrected chi connectivity index (χ2v) is 7.91. The number of nitrogens with one attached hydrogen (secondary N) is 1. The maximum absolute atomic E-state index is 12.1. The van der Waals surface area contributed by atoms with Crippen LogP contribution in [0.2, 0.25) is 0 Å². The first-order valence-corrected chi connectivity index (χ1v) is 8.79. The van der Waals surface area contributed by atoms with E-state index in [1.54, 1.807) is 12.1 Å². The topological polar surface area (TPSA) is 83.5 Å². The van der Waals surface area contributed by atoms with Crippen LogP contribution in [0.1, 0.15) is 12.8 Å². The molecule has 1 aliphatic rings. The fourth-order valence-electron chi connectivity index (χ4n) is 1.99. The largest absolute Gasteiger partial charge is 0.480 e. The number of rotatable bonds is 7. The highest BCUT2D eigenvalue weighted by Gasteiger charge is 2.35. The molecule has 0 bridgehead atoms. The van der Waals surface area contributed by atoms with Crippen LogP contribution in [0.15, 0.2) is 33.6 Å². The molecular weight excluding hydrogens is 346 g/mol. The zero-order valence-electron chi connectivity index (χ0n) is 10.8. The summed E-state index contributed by atoms with van der Waals surface area (Å²) >= 11 is 3.25. The zero-order chi connectivity index (χ0) is 14.8. The minimum absolute atomic E-state index is 0.106. The molecule has 5 nitrogen and oxygen atoms in total. The molecule has 0 spiro atoms. The molecule has 0 radical (unpaired) electrons. The molecule has 0 aromatic heterocycles. The van der Waals surface area contributed by atoms with E-state index in [0.717, 1.165) is 17.3 Å². The number of carboxylic acids is 1. The minimum atomic E-state index is -3.38. The molecule has 2 N–H and O–H groups in total. The summed E-state index contributed by atoms with van der Waals surface area (Å²) < 4.78 is 25.0. The summed E-state index contributed by atoms with van der Waals surface area (Å²) in [5.41, 5.74) is 0. The van der Waals surface area contributed by atoms with Crippen molar-refractivity contribution in [2.75, 3.05) is 12.3 Å². The van der Waals surface area contributed by atoms with Crippen molar-refractivity contribution in [2.45, 2.75) is 23.8 Å². The highest BCUT2D eigenvalue weighted by molar-refractivity contribution is 9.10. The Morgan fingerprint density at radius 1 is 1.35 bits per heavy atom. The van der Waals surface area contributed by atoms with Crippen LogP contribution in [0.5, 0.6) is 0 Å². The average molecular weight is 362 g/mol. The first-order chi connectivity index (χ1) is 9.40. The van der Waals surface area contributed by atoms with Crippen LogP contribution in [0.3, 0.4) is 0 Å². The van der Waals surface area contributed by atoms with Crippen LogP contribution in [0, 0.1) is 5.92 Å². The molecule has 1 saturated carbocycles. The number of hydrogen-bond donors (Lipinski definition) is 2. The minimum Gasteiger partial charge on any atom is -0.480 e. The van der Waals surface area contributed by atoms with E-state index in [1.807, 2.05) is 0 Å². The van der Waals surface area contributed by atoms with Crippen molar-refractivity contribution in [1.29, 1.82) is 0 Å². The number of hydrogen-bond acceptors (Lipinski definition) is 4. The van der Waals surface area contributed by atoms with Gasteiger partial charge in [-0.2, -0.15) is 0 Å². The number of carboxylic acid groups (broad SMARTS) is 1. The van der Waals surface area contributed by atoms with Gasteiger partial charge >= 0.3 is 5.97 Å². The van der Waals surface area contributed by atoms with Crippen LogP contribution in [-0.2, 0) is 14.6 Å². The normalized spacial score (nSPS) is 16.9. The molecule has 20 heavy (non-hydrogen) atoms. The van der Waals surface area contributed by atoms with Crippen molar-refractivity contribution in [1.82, 2.24) is 5.32 Å². The van der Waals surface area contributed by atoms with E-state index in [2.05, 4.69) is 21.2 Å². The van der Waals surface area contributed by atoms with Crippen molar-refractivity contribution >= 4 is 31.7 Å². The third-order valence-electron chi connectivity index (χ3n) is 3.27. The first-order valence-electron chi connectivity index (χ1n) is 6.34. The van der Waals surface area contributed by atoms with Gasteiger partial charge in [0, 0.05) is 11.0 Å². The summed E-state index contributed by atoms with van der Waals surface area (Å²) in [6.45, 7) is 0.145. The summed E-state index contributed by atoms with van der Waals surface area (Å²) in [7, 11) is -3.38. The zero-order valence-corrected chi connectivity index (χ0v) is 13.2. The second kappa shape index (κ2) is 6.24. The fraction of sp³-hybridized carbons (Fsp3) is 0.462. The molecule has 0 aliphatic heterocycles. The van der Waals surface area contributed by atoms with E-state index >= 15 is 0 Å². The van der Waals surface area contributed by atoms with Gasteiger partial charge in [0.25, 0.3) is 0 Å². The van der Waals surface area contributed by atoms with Crippen LogP contribution >= 0.6 is 15.9 Å². The molecule has 0 saturated heterocycles. The van der Waals surface area contributed by atoms with Crippen molar-refractivity contribution in [2.24, 2.45) is 5.92 Å². The predicted octanol–water partition coefficient (Wildman–Crippen LogP) is 1.68. The summed E-state index contributed by atoms with van der Waals surface area (Å²) in [5, 5.41) is 11.9. The molecule has 1 aromatic rings. The number of benzene rings is 1. The standard InChI is InChI=1S/C13H16BrNO4S/c14-10-3-5-11(6-4-10)20(18,19)8-7-15-12(13(16)17)9-1-2-9/h3-6,9,12,15H,1-2,7-8H2,(H,16,17). The summed E-state index contributed by atoms with van der Waals surface area (Å²) in [6.07, 6.45) is 1.78. The Kier molecular flexibility index (Phi) is 4.82. The summed E-state index contributed by atoms with van der Waals surface area (Å²) in [6, 6.07) is 5.79. The average Bonchev–Trinajstić information content (AvgIpc) is 3.19. The van der Waals surface area contributed by atoms with Crippen molar-refractivity contribution in [3.8, 4) is 0 Å². The van der Waals surface area contributed by atoms with Gasteiger partial charge in [0.2, 0.25) is 0 Å². The van der Waals surface area contributed by atoms with Gasteiger partial charge in [-0.3, -0.25) is 4.79 Å². The van der Waals surface area contributed by atoms with E-state index in [4.69, 9.17) is 5.11 Å². The highest BCUT2D eigenvalue weighted by atomic mass is 79.9. The van der Waals surface area contributed by atoms with E-state index < -0.39 is 21.8 Å². The molecule has 7 heteroatoms. The van der Waals surface area contributed by atoms with Crippen molar-refractivity contribution in [3.63, 3.8) is 0 Å². The molecule has 1 unspecified atom stereocenters. The van der Waals surface area contributed by atoms with Crippen molar-refractivity contribution in [3.05, 3.63) is 28.7 Å². The smallest absolute Gasteiger partial charge is 0.320 e. The van der Waals surface area contributed by atoms with Gasteiger partial charge in [0.1, 0.15) is 6.04 Å². The Hall–Kier alpha value is -0.920. The van der Waals surface area contributed by atoms with Gasteiger partial charge in [-0.15, -0.1) is 0 Å². The van der Waals surface area contributed by atoms with Gasteiger partial charge in [-0.05, 0) is 43.0 Å². The number of carbonyl (C=O) groups is 1. The third kappa shape index (κ3) is 4.04. The first kappa shape index (κ1) is 15.5. The molecule has 1 aliphatic carbocycles. The maximum atomic E-state index is 12.1. The monoisotopic (exact) mass is 361 g/mol. The van der Waals surface area contributed by atoms with Crippen LogP contribution in [0.25, 0.3) is 0 Å². The van der Waals surface area contributed by atoms with Gasteiger partial charge in [0.15, 0.2) is 9.84 Å². The third-order valence-corrected chi connectivity index (χ3v) is 5.53. The molecule has 0 amide bonds. The van der Waals surface area contributed by atoms with Gasteiger partial charge in [-0.1, -0.05) is 15.9 Å². The predicted molar refractivity (Wildman–Crippen MR) is 78.3 cm³/mol. The van der Waals surface area contributed by atoms with Crippen LogP contribution in [-0.4, -0.2) is 37.8 Å². The van der Waals surface area contributed by atoms with Crippen molar-refractivity contribution < 1.29 is 18.3 Å². The lowest BCUT2D eigenvalue weighted by Crippen LogP contribution is -2.40. The Morgan fingerprint density at radius 2 is 1.95 bits per heavy atom. The molecule has 2 rings (SSSR count). The number of sulfone groups is 1. The van der Waals surface area contributed by atoms with E-state index in [0.29, 0.717) is 0 Å². The molecule has 110 valence electrons. The fourth-order valence-corrected chi connectivity index (χ4v) is 3.43. The SMILES string of the molecule is O=C(O)C(NCCS(=O)(=O)c1ccc(Br)cc1)C1CC1. The number of aliphatic carboxylic acids is 1. The molecular formula is C13H16BrNO4S. The molecule has 0 heterocycles. The van der Waals surface area contributed by atoms with Crippen LogP contribution in [0.4, 0.5) is 0 Å².